The number of aliphatic carboxylic acids is 1. The highest BCUT2D eigenvalue weighted by molar-refractivity contribution is 7.99. The lowest BCUT2D eigenvalue weighted by Crippen LogP contribution is -2.54. The molecule has 1 aromatic heterocycles. The van der Waals surface area contributed by atoms with E-state index < -0.39 is 5.97 Å². The molecule has 1 aromatic rings. The molecule has 0 saturated carbocycles. The van der Waals surface area contributed by atoms with E-state index in [-0.39, 0.29) is 22.9 Å². The maximum Gasteiger partial charge on any atom is 0.222 e. The van der Waals surface area contributed by atoms with Gasteiger partial charge in [-0.1, -0.05) is 43.1 Å². The number of nitrogens with zero attached hydrogens (tertiary/aromatic N) is 4. The summed E-state index contributed by atoms with van der Waals surface area (Å²) >= 11 is 7.03. The highest BCUT2D eigenvalue weighted by Gasteiger charge is 2.28. The topological polar surface area (TPSA) is 89.5 Å². The van der Waals surface area contributed by atoms with Crippen LogP contribution in [0.25, 0.3) is 0 Å². The van der Waals surface area contributed by atoms with E-state index in [9.17, 15) is 14.7 Å². The Morgan fingerprint density at radius 2 is 2.12 bits per heavy atom. The van der Waals surface area contributed by atoms with Crippen molar-refractivity contribution >= 4 is 41.1 Å². The van der Waals surface area contributed by atoms with Crippen molar-refractivity contribution in [1.82, 2.24) is 14.9 Å². The van der Waals surface area contributed by atoms with Crippen molar-refractivity contribution in [2.24, 2.45) is 0 Å². The Hall–Kier alpha value is -1.54. The number of carboxylic acid groups (broad SMARTS) is 1. The van der Waals surface area contributed by atoms with Gasteiger partial charge in [0.05, 0.1) is 5.97 Å². The zero-order valence-electron chi connectivity index (χ0n) is 15.1. The summed E-state index contributed by atoms with van der Waals surface area (Å²) in [5.74, 6) is -0.549. The van der Waals surface area contributed by atoms with Crippen LogP contribution in [0.4, 0.5) is 5.82 Å². The second-order valence-corrected chi connectivity index (χ2v) is 7.66. The average Bonchev–Trinajstić information content (AvgIpc) is 2.59. The van der Waals surface area contributed by atoms with Gasteiger partial charge in [0.1, 0.15) is 11.0 Å². The van der Waals surface area contributed by atoms with E-state index in [0.29, 0.717) is 37.0 Å². The number of carbonyl (C=O) groups excluding carboxylic acids is 2. The monoisotopic (exact) mass is 399 g/mol. The van der Waals surface area contributed by atoms with Crippen LogP contribution in [0.1, 0.15) is 39.5 Å². The Balaban J connectivity index is 1.99. The number of halogens is 1. The molecule has 1 atom stereocenters. The number of carboxylic acids is 1. The maximum absolute atomic E-state index is 12.4. The molecule has 2 rings (SSSR count). The molecule has 0 N–H and O–H groups in total. The molecule has 1 saturated heterocycles. The number of hydrogen-bond acceptors (Lipinski definition) is 7. The van der Waals surface area contributed by atoms with Crippen molar-refractivity contribution in [3.8, 4) is 0 Å². The molecule has 2 heterocycles. The summed E-state index contributed by atoms with van der Waals surface area (Å²) in [5, 5.41) is 11.2. The number of anilines is 1. The summed E-state index contributed by atoms with van der Waals surface area (Å²) in [6, 6.07) is 1.74. The standard InChI is InChI=1S/C17H25ClN4O3S/c1-3-4-5-6-15(23)22-8-7-21(10-12(22)2)14-9-13(18)19-17(20-14)26-11-16(24)25/h9,12H,3-8,10-11H2,1-2H3,(H,24,25)/p-1/t12-/m1/s1. The van der Waals surface area contributed by atoms with Crippen molar-refractivity contribution < 1.29 is 14.7 Å². The molecule has 1 amide bonds. The summed E-state index contributed by atoms with van der Waals surface area (Å²) in [7, 11) is 0. The quantitative estimate of drug-likeness (QED) is 0.284. The van der Waals surface area contributed by atoms with Crippen LogP contribution in [0.3, 0.4) is 0 Å². The fraction of sp³-hybridized carbons (Fsp3) is 0.647. The fourth-order valence-corrected chi connectivity index (χ4v) is 3.74. The van der Waals surface area contributed by atoms with Crippen LogP contribution in [0.2, 0.25) is 5.15 Å². The van der Waals surface area contributed by atoms with Gasteiger partial charge in [0.2, 0.25) is 5.91 Å². The second kappa shape index (κ2) is 9.97. The van der Waals surface area contributed by atoms with Gasteiger partial charge >= 0.3 is 0 Å². The highest BCUT2D eigenvalue weighted by Crippen LogP contribution is 2.24. The van der Waals surface area contributed by atoms with E-state index in [1.54, 1.807) is 6.07 Å². The third-order valence-corrected chi connectivity index (χ3v) is 5.26. The molecule has 26 heavy (non-hydrogen) atoms. The molecule has 1 aliphatic heterocycles. The summed E-state index contributed by atoms with van der Waals surface area (Å²) in [4.78, 5) is 35.4. The Morgan fingerprint density at radius 1 is 1.35 bits per heavy atom. The zero-order chi connectivity index (χ0) is 19.1. The largest absolute Gasteiger partial charge is 0.549 e. The van der Waals surface area contributed by atoms with Crippen molar-refractivity contribution in [2.75, 3.05) is 30.3 Å². The molecular weight excluding hydrogens is 376 g/mol. The van der Waals surface area contributed by atoms with Crippen LogP contribution in [0.5, 0.6) is 0 Å². The van der Waals surface area contributed by atoms with Crippen LogP contribution in [0, 0.1) is 0 Å². The van der Waals surface area contributed by atoms with Crippen molar-refractivity contribution in [3.05, 3.63) is 11.2 Å². The molecule has 0 aliphatic carbocycles. The second-order valence-electron chi connectivity index (χ2n) is 6.33. The molecule has 1 aliphatic rings. The summed E-state index contributed by atoms with van der Waals surface area (Å²) in [6.07, 6.45) is 3.71. The predicted molar refractivity (Wildman–Crippen MR) is 100 cm³/mol. The van der Waals surface area contributed by atoms with Crippen LogP contribution < -0.4 is 10.0 Å². The fourth-order valence-electron chi connectivity index (χ4n) is 2.94. The Labute approximate surface area is 163 Å². The number of rotatable bonds is 8. The molecule has 0 bridgehead atoms. The molecule has 144 valence electrons. The van der Waals surface area contributed by atoms with Crippen molar-refractivity contribution in [3.63, 3.8) is 0 Å². The van der Waals surface area contributed by atoms with E-state index in [0.717, 1.165) is 31.0 Å². The van der Waals surface area contributed by atoms with E-state index in [1.165, 1.54) is 0 Å². The lowest BCUT2D eigenvalue weighted by atomic mass is 10.1. The average molecular weight is 400 g/mol. The first-order valence-electron chi connectivity index (χ1n) is 8.82. The van der Waals surface area contributed by atoms with Gasteiger partial charge in [-0.2, -0.15) is 0 Å². The number of carbonyl (C=O) groups is 2. The summed E-state index contributed by atoms with van der Waals surface area (Å²) < 4.78 is 0. The molecule has 7 nitrogen and oxygen atoms in total. The van der Waals surface area contributed by atoms with Crippen LogP contribution >= 0.6 is 23.4 Å². The van der Waals surface area contributed by atoms with Crippen LogP contribution in [-0.4, -0.2) is 58.2 Å². The third-order valence-electron chi connectivity index (χ3n) is 4.25. The Morgan fingerprint density at radius 3 is 2.77 bits per heavy atom. The number of hydrogen-bond donors (Lipinski definition) is 0. The smallest absolute Gasteiger partial charge is 0.222 e. The number of piperazine rings is 1. The summed E-state index contributed by atoms with van der Waals surface area (Å²) in [6.45, 7) is 6.09. The van der Waals surface area contributed by atoms with Gasteiger partial charge < -0.3 is 19.7 Å². The van der Waals surface area contributed by atoms with Gasteiger partial charge in [-0.05, 0) is 13.3 Å². The van der Waals surface area contributed by atoms with E-state index >= 15 is 0 Å². The van der Waals surface area contributed by atoms with Crippen molar-refractivity contribution in [2.45, 2.75) is 50.7 Å². The van der Waals surface area contributed by atoms with Gasteiger partial charge in [-0.25, -0.2) is 9.97 Å². The minimum Gasteiger partial charge on any atom is -0.549 e. The molecular formula is C17H24ClN4O3S-. The normalized spacial score (nSPS) is 17.4. The molecule has 0 aromatic carbocycles. The molecule has 1 fully saturated rings. The number of aromatic nitrogens is 2. The molecule has 0 spiro atoms. The van der Waals surface area contributed by atoms with Gasteiger partial charge in [0.15, 0.2) is 5.16 Å². The molecule has 0 radical (unpaired) electrons. The predicted octanol–water partition coefficient (Wildman–Crippen LogP) is 1.59. The molecule has 0 unspecified atom stereocenters. The maximum atomic E-state index is 12.4. The first kappa shape index (κ1) is 20.8. The van der Waals surface area contributed by atoms with Gasteiger partial charge in [0.25, 0.3) is 0 Å². The third kappa shape index (κ3) is 6.02. The highest BCUT2D eigenvalue weighted by atomic mass is 35.5. The number of thioether (sulfide) groups is 1. The Bertz CT molecular complexity index is 646. The van der Waals surface area contributed by atoms with E-state index in [2.05, 4.69) is 21.8 Å². The van der Waals surface area contributed by atoms with Gasteiger partial charge in [-0.3, -0.25) is 4.79 Å². The number of amides is 1. The first-order valence-corrected chi connectivity index (χ1v) is 10.2. The molecule has 9 heteroatoms. The van der Waals surface area contributed by atoms with Crippen molar-refractivity contribution in [1.29, 1.82) is 0 Å². The van der Waals surface area contributed by atoms with E-state index in [4.69, 9.17) is 11.6 Å². The van der Waals surface area contributed by atoms with Crippen LogP contribution in [0.15, 0.2) is 11.2 Å². The first-order chi connectivity index (χ1) is 12.4. The number of unbranched alkanes of at least 4 members (excludes halogenated alkanes) is 2. The zero-order valence-corrected chi connectivity index (χ0v) is 16.7. The minimum absolute atomic E-state index is 0.0749. The minimum atomic E-state index is -1.18. The lowest BCUT2D eigenvalue weighted by molar-refractivity contribution is -0.301. The summed E-state index contributed by atoms with van der Waals surface area (Å²) in [5.41, 5.74) is 0. The Kier molecular flexibility index (Phi) is 7.96. The van der Waals surface area contributed by atoms with E-state index in [1.807, 2.05) is 11.8 Å². The van der Waals surface area contributed by atoms with Crippen LogP contribution in [-0.2, 0) is 9.59 Å². The SMILES string of the molecule is CCCCCC(=O)N1CCN(c2cc(Cl)nc(SCC(=O)[O-])n2)C[C@H]1C. The van der Waals surface area contributed by atoms with Gasteiger partial charge in [-0.15, -0.1) is 0 Å². The van der Waals surface area contributed by atoms with Gasteiger partial charge in [0, 0.05) is 43.9 Å². The lowest BCUT2D eigenvalue weighted by Gasteiger charge is -2.40.